The molecular weight excluding hydrogens is 510 g/mol. The monoisotopic (exact) mass is 538 g/mol. The van der Waals surface area contributed by atoms with Gasteiger partial charge < -0.3 is 29.4 Å². The molecule has 4 rings (SSSR count). The molecule has 1 aliphatic heterocycles. The van der Waals surface area contributed by atoms with Crippen molar-refractivity contribution in [2.45, 2.75) is 44.9 Å². The van der Waals surface area contributed by atoms with Gasteiger partial charge in [-0.05, 0) is 18.5 Å². The number of hydrogen-bond acceptors (Lipinski definition) is 5. The molecule has 8 nitrogen and oxygen atoms in total. The van der Waals surface area contributed by atoms with E-state index in [0.717, 1.165) is 18.2 Å². The van der Waals surface area contributed by atoms with Crippen molar-refractivity contribution in [3.63, 3.8) is 0 Å². The van der Waals surface area contributed by atoms with Gasteiger partial charge in [-0.2, -0.15) is 0 Å². The molecule has 1 fully saturated rings. The molecule has 0 saturated carbocycles. The molecule has 2 aromatic heterocycles. The van der Waals surface area contributed by atoms with Crippen LogP contribution in [0.15, 0.2) is 30.6 Å². The van der Waals surface area contributed by atoms with Crippen LogP contribution in [0.4, 0.5) is 19.3 Å². The number of rotatable bonds is 9. The van der Waals surface area contributed by atoms with Crippen LogP contribution in [0.25, 0.3) is 11.0 Å². The summed E-state index contributed by atoms with van der Waals surface area (Å²) in [6, 6.07) is 3.75. The number of aromatic nitrogens is 2. The zero-order valence-corrected chi connectivity index (χ0v) is 22.1. The molecule has 0 aliphatic carbocycles. The molecule has 0 spiro atoms. The van der Waals surface area contributed by atoms with E-state index < -0.39 is 31.5 Å². The first-order valence-electron chi connectivity index (χ1n) is 11.6. The molecule has 1 aliphatic rings. The summed E-state index contributed by atoms with van der Waals surface area (Å²) in [6.07, 6.45) is 3.79. The van der Waals surface area contributed by atoms with Gasteiger partial charge in [-0.1, -0.05) is 31.2 Å². The predicted molar refractivity (Wildman–Crippen MR) is 137 cm³/mol. The van der Waals surface area contributed by atoms with E-state index in [0.29, 0.717) is 42.3 Å². The van der Waals surface area contributed by atoms with Gasteiger partial charge in [-0.25, -0.2) is 18.6 Å². The smallest absolute Gasteiger partial charge is 0.319 e. The fourth-order valence-corrected chi connectivity index (χ4v) is 4.76. The second-order valence-electron chi connectivity index (χ2n) is 9.83. The van der Waals surface area contributed by atoms with Crippen LogP contribution in [0, 0.1) is 11.6 Å². The second-order valence-corrected chi connectivity index (χ2v) is 15.9. The van der Waals surface area contributed by atoms with Crippen molar-refractivity contribution in [1.29, 1.82) is 0 Å². The normalized spacial score (nSPS) is 15.9. The third-order valence-corrected chi connectivity index (χ3v) is 7.62. The number of urea groups is 1. The highest BCUT2D eigenvalue weighted by molar-refractivity contribution is 6.76. The summed E-state index contributed by atoms with van der Waals surface area (Å²) in [6.45, 7) is 8.62. The maximum absolute atomic E-state index is 14.8. The van der Waals surface area contributed by atoms with Crippen molar-refractivity contribution in [3.05, 3.63) is 47.2 Å². The zero-order valence-electron chi connectivity index (χ0n) is 20.4. The van der Waals surface area contributed by atoms with E-state index >= 15 is 0 Å². The highest BCUT2D eigenvalue weighted by Crippen LogP contribution is 2.37. The van der Waals surface area contributed by atoms with E-state index in [1.165, 1.54) is 12.3 Å². The molecule has 1 atom stereocenters. The Hall–Kier alpha value is -2.73. The first kappa shape index (κ1) is 26.3. The average Bonchev–Trinajstić information content (AvgIpc) is 3.41. The van der Waals surface area contributed by atoms with Crippen LogP contribution < -0.4 is 15.4 Å². The van der Waals surface area contributed by atoms with E-state index in [9.17, 15) is 13.6 Å². The van der Waals surface area contributed by atoms with Crippen LogP contribution in [0.3, 0.4) is 0 Å². The van der Waals surface area contributed by atoms with Gasteiger partial charge in [-0.3, -0.25) is 0 Å². The number of fused-ring (bicyclic) bond motifs is 1. The third kappa shape index (κ3) is 6.52. The predicted octanol–water partition coefficient (Wildman–Crippen LogP) is 5.98. The molecule has 2 amide bonds. The Morgan fingerprint density at radius 2 is 2.06 bits per heavy atom. The SMILES string of the molecule is C[Si](C)(C)CCOCn1cc(Cl)c2c(Oc3c(F)cc(NC(=O)N[C@H]4CCOC4)cc3F)ccnc21. The van der Waals surface area contributed by atoms with Gasteiger partial charge in [0.25, 0.3) is 0 Å². The number of ether oxygens (including phenoxy) is 3. The van der Waals surface area contributed by atoms with Crippen molar-refractivity contribution in [2.24, 2.45) is 0 Å². The Morgan fingerprint density at radius 1 is 1.31 bits per heavy atom. The molecular formula is C24H29ClF2N4O4Si. The van der Waals surface area contributed by atoms with Crippen molar-refractivity contribution >= 4 is 42.4 Å². The third-order valence-electron chi connectivity index (χ3n) is 5.63. The fourth-order valence-electron chi connectivity index (χ4n) is 3.70. The quantitative estimate of drug-likeness (QED) is 0.258. The number of halogens is 3. The van der Waals surface area contributed by atoms with Gasteiger partial charge in [0.15, 0.2) is 17.4 Å². The van der Waals surface area contributed by atoms with Crippen LogP contribution in [-0.4, -0.2) is 49.5 Å². The average molecular weight is 539 g/mol. The summed E-state index contributed by atoms with van der Waals surface area (Å²) in [5.41, 5.74) is 0.422. The van der Waals surface area contributed by atoms with Crippen molar-refractivity contribution in [3.8, 4) is 11.5 Å². The molecule has 0 unspecified atom stereocenters. The van der Waals surface area contributed by atoms with Crippen molar-refractivity contribution < 1.29 is 27.8 Å². The molecule has 0 bridgehead atoms. The van der Waals surface area contributed by atoms with Crippen molar-refractivity contribution in [1.82, 2.24) is 14.9 Å². The number of nitrogens with zero attached hydrogens (tertiary/aromatic N) is 2. The van der Waals surface area contributed by atoms with Gasteiger partial charge in [0.05, 0.1) is 23.1 Å². The molecule has 194 valence electrons. The highest BCUT2D eigenvalue weighted by atomic mass is 35.5. The Labute approximate surface area is 213 Å². The lowest BCUT2D eigenvalue weighted by Crippen LogP contribution is -2.38. The number of hydrogen-bond donors (Lipinski definition) is 2. The molecule has 2 N–H and O–H groups in total. The minimum atomic E-state index is -1.23. The Bertz CT molecular complexity index is 1220. The lowest BCUT2D eigenvalue weighted by molar-refractivity contribution is 0.0899. The number of carbonyl (C=O) groups excluding carboxylic acids is 1. The summed E-state index contributed by atoms with van der Waals surface area (Å²) < 4.78 is 48.0. The van der Waals surface area contributed by atoms with Gasteiger partial charge in [0.1, 0.15) is 18.1 Å². The summed E-state index contributed by atoms with van der Waals surface area (Å²) in [4.78, 5) is 16.5. The largest absolute Gasteiger partial charge is 0.450 e. The molecule has 3 heterocycles. The van der Waals surface area contributed by atoms with Gasteiger partial charge in [-0.15, -0.1) is 0 Å². The standard InChI is InChI=1S/C24H29ClF2N4O4Si/c1-36(2,3)9-8-34-14-31-12-17(25)21-20(4-6-28-23(21)31)35-22-18(26)10-16(11-19(22)27)30-24(32)29-15-5-7-33-13-15/h4,6,10-12,15H,5,7-9,13-14H2,1-3H3,(H2,29,30,32)/t15-/m0/s1. The summed E-state index contributed by atoms with van der Waals surface area (Å²) in [7, 11) is -1.23. The number of anilines is 1. The van der Waals surface area contributed by atoms with Gasteiger partial charge >= 0.3 is 6.03 Å². The lowest BCUT2D eigenvalue weighted by Gasteiger charge is -2.15. The van der Waals surface area contributed by atoms with Crippen LogP contribution in [-0.2, 0) is 16.2 Å². The molecule has 3 aromatic rings. The number of nitrogens with one attached hydrogen (secondary N) is 2. The van der Waals surface area contributed by atoms with E-state index in [1.54, 1.807) is 10.8 Å². The number of pyridine rings is 1. The molecule has 36 heavy (non-hydrogen) atoms. The topological polar surface area (TPSA) is 86.6 Å². The van der Waals surface area contributed by atoms with Crippen LogP contribution in [0.1, 0.15) is 6.42 Å². The summed E-state index contributed by atoms with van der Waals surface area (Å²) in [5.74, 6) is -2.44. The maximum atomic E-state index is 14.8. The zero-order chi connectivity index (χ0) is 25.9. The Morgan fingerprint density at radius 3 is 2.72 bits per heavy atom. The minimum Gasteiger partial charge on any atom is -0.450 e. The summed E-state index contributed by atoms with van der Waals surface area (Å²) in [5, 5.41) is 5.84. The van der Waals surface area contributed by atoms with Crippen molar-refractivity contribution in [2.75, 3.05) is 25.1 Å². The Kier molecular flexibility index (Phi) is 8.13. The number of amides is 2. The van der Waals surface area contributed by atoms with Crippen LogP contribution >= 0.6 is 11.6 Å². The van der Waals surface area contributed by atoms with Gasteiger partial charge in [0.2, 0.25) is 0 Å². The Balaban J connectivity index is 1.48. The van der Waals surface area contributed by atoms with E-state index in [-0.39, 0.29) is 24.2 Å². The minimum absolute atomic E-state index is 0.0479. The first-order chi connectivity index (χ1) is 17.1. The van der Waals surface area contributed by atoms with E-state index in [4.69, 9.17) is 25.8 Å². The lowest BCUT2D eigenvalue weighted by atomic mass is 10.2. The van der Waals surface area contributed by atoms with Crippen LogP contribution in [0.2, 0.25) is 30.7 Å². The van der Waals surface area contributed by atoms with E-state index in [1.807, 2.05) is 0 Å². The molecule has 0 radical (unpaired) electrons. The second kappa shape index (κ2) is 11.1. The van der Waals surface area contributed by atoms with Gasteiger partial charge in [0, 0.05) is 51.5 Å². The molecule has 12 heteroatoms. The first-order valence-corrected chi connectivity index (χ1v) is 15.7. The van der Waals surface area contributed by atoms with E-state index in [2.05, 4.69) is 35.3 Å². The summed E-state index contributed by atoms with van der Waals surface area (Å²) >= 11 is 6.43. The maximum Gasteiger partial charge on any atom is 0.319 e. The molecule has 1 saturated heterocycles. The number of benzene rings is 1. The highest BCUT2D eigenvalue weighted by Gasteiger charge is 2.21. The molecule has 1 aromatic carbocycles. The fraction of sp³-hybridized carbons (Fsp3) is 0.417. The van der Waals surface area contributed by atoms with Crippen LogP contribution in [0.5, 0.6) is 11.5 Å². The number of carbonyl (C=O) groups is 1.